The Labute approximate surface area is 197 Å². The molecule has 166 valence electrons. The Bertz CT molecular complexity index is 1240. The van der Waals surface area contributed by atoms with Crippen molar-refractivity contribution in [2.75, 3.05) is 10.8 Å². The standard InChI is InChI=1S/C24H24BrN3O3S/c1-17-7-11-20(12-8-17)19(3)26-27-24(29)16-28(22-6-4-5-21(25)15-22)32(30,31)23-13-9-18(2)10-14-23/h4-15H,16H2,1-3H3,(H,27,29)/b26-19-. The third kappa shape index (κ3) is 5.83. The van der Waals surface area contributed by atoms with Gasteiger partial charge in [0.15, 0.2) is 0 Å². The zero-order chi connectivity index (χ0) is 23.3. The summed E-state index contributed by atoms with van der Waals surface area (Å²) in [5.74, 6) is -0.549. The van der Waals surface area contributed by atoms with Crippen LogP contribution in [-0.2, 0) is 14.8 Å². The minimum absolute atomic E-state index is 0.107. The number of amides is 1. The molecule has 8 heteroatoms. The molecule has 0 bridgehead atoms. The van der Waals surface area contributed by atoms with E-state index in [1.165, 1.54) is 12.1 Å². The van der Waals surface area contributed by atoms with Gasteiger partial charge in [-0.2, -0.15) is 5.10 Å². The number of halogens is 1. The van der Waals surface area contributed by atoms with Crippen LogP contribution in [0.2, 0.25) is 0 Å². The second-order valence-corrected chi connectivity index (χ2v) is 10.2. The van der Waals surface area contributed by atoms with E-state index in [9.17, 15) is 13.2 Å². The van der Waals surface area contributed by atoms with Gasteiger partial charge in [-0.3, -0.25) is 9.10 Å². The van der Waals surface area contributed by atoms with Crippen LogP contribution in [0.5, 0.6) is 0 Å². The Morgan fingerprint density at radius 3 is 2.16 bits per heavy atom. The van der Waals surface area contributed by atoms with Crippen LogP contribution in [0.25, 0.3) is 0 Å². The predicted molar refractivity (Wildman–Crippen MR) is 131 cm³/mol. The maximum atomic E-state index is 13.4. The summed E-state index contributed by atoms with van der Waals surface area (Å²) in [4.78, 5) is 12.8. The molecule has 0 atom stereocenters. The number of anilines is 1. The molecule has 0 spiro atoms. The van der Waals surface area contributed by atoms with Crippen molar-refractivity contribution in [3.63, 3.8) is 0 Å². The normalized spacial score (nSPS) is 11.8. The maximum Gasteiger partial charge on any atom is 0.264 e. The van der Waals surface area contributed by atoms with Crippen LogP contribution in [0.3, 0.4) is 0 Å². The number of aryl methyl sites for hydroxylation is 2. The van der Waals surface area contributed by atoms with E-state index in [-0.39, 0.29) is 4.90 Å². The van der Waals surface area contributed by atoms with Gasteiger partial charge in [0.1, 0.15) is 6.54 Å². The molecule has 0 radical (unpaired) electrons. The average molecular weight is 514 g/mol. The van der Waals surface area contributed by atoms with E-state index in [0.29, 0.717) is 15.9 Å². The largest absolute Gasteiger partial charge is 0.271 e. The number of benzene rings is 3. The van der Waals surface area contributed by atoms with Gasteiger partial charge in [-0.25, -0.2) is 13.8 Å². The average Bonchev–Trinajstić information content (AvgIpc) is 2.76. The SMILES string of the molecule is C/C(=N/NC(=O)CN(c1cccc(Br)c1)S(=O)(=O)c1ccc(C)cc1)c1ccc(C)cc1. The molecule has 0 heterocycles. The number of hydrazone groups is 1. The number of rotatable bonds is 7. The van der Waals surface area contributed by atoms with Gasteiger partial charge in [-0.05, 0) is 56.7 Å². The molecule has 0 aliphatic carbocycles. The molecule has 3 aromatic carbocycles. The second kappa shape index (κ2) is 10.1. The lowest BCUT2D eigenvalue weighted by Gasteiger charge is -2.24. The van der Waals surface area contributed by atoms with E-state index >= 15 is 0 Å². The van der Waals surface area contributed by atoms with E-state index in [0.717, 1.165) is 21.0 Å². The van der Waals surface area contributed by atoms with Crippen LogP contribution in [0, 0.1) is 13.8 Å². The molecule has 3 rings (SSSR count). The summed E-state index contributed by atoms with van der Waals surface area (Å²) in [6, 6.07) is 21.1. The van der Waals surface area contributed by atoms with Gasteiger partial charge < -0.3 is 0 Å². The first kappa shape index (κ1) is 23.7. The number of hydrogen-bond acceptors (Lipinski definition) is 4. The third-order valence-corrected chi connectivity index (χ3v) is 7.09. The molecule has 0 fully saturated rings. The lowest BCUT2D eigenvalue weighted by atomic mass is 10.1. The number of sulfonamides is 1. The summed E-state index contributed by atoms with van der Waals surface area (Å²) in [6.45, 7) is 5.23. The summed E-state index contributed by atoms with van der Waals surface area (Å²) in [7, 11) is -3.98. The molecule has 3 aromatic rings. The third-order valence-electron chi connectivity index (χ3n) is 4.81. The molecule has 0 aromatic heterocycles. The van der Waals surface area contributed by atoms with Crippen LogP contribution in [0.4, 0.5) is 5.69 Å². The zero-order valence-corrected chi connectivity index (χ0v) is 20.4. The lowest BCUT2D eigenvalue weighted by molar-refractivity contribution is -0.119. The molecule has 0 unspecified atom stereocenters. The Morgan fingerprint density at radius 2 is 1.56 bits per heavy atom. The lowest BCUT2D eigenvalue weighted by Crippen LogP contribution is -2.39. The van der Waals surface area contributed by atoms with E-state index in [1.807, 2.05) is 38.1 Å². The Hall–Kier alpha value is -2.97. The molecular formula is C24H24BrN3O3S. The Morgan fingerprint density at radius 1 is 0.969 bits per heavy atom. The predicted octanol–water partition coefficient (Wildman–Crippen LogP) is 4.80. The number of nitrogens with zero attached hydrogens (tertiary/aromatic N) is 2. The summed E-state index contributed by atoms with van der Waals surface area (Å²) >= 11 is 3.37. The topological polar surface area (TPSA) is 78.8 Å². The van der Waals surface area contributed by atoms with Gasteiger partial charge in [-0.1, -0.05) is 69.5 Å². The summed E-state index contributed by atoms with van der Waals surface area (Å²) in [6.07, 6.45) is 0. The Kier molecular flexibility index (Phi) is 7.48. The second-order valence-electron chi connectivity index (χ2n) is 7.40. The fourth-order valence-electron chi connectivity index (χ4n) is 2.96. The monoisotopic (exact) mass is 513 g/mol. The first-order valence-electron chi connectivity index (χ1n) is 9.92. The van der Waals surface area contributed by atoms with Crippen molar-refractivity contribution < 1.29 is 13.2 Å². The first-order valence-corrected chi connectivity index (χ1v) is 12.2. The van der Waals surface area contributed by atoms with E-state index < -0.39 is 22.5 Å². The Balaban J connectivity index is 1.87. The van der Waals surface area contributed by atoms with Crippen molar-refractivity contribution in [3.8, 4) is 0 Å². The smallest absolute Gasteiger partial charge is 0.264 e. The van der Waals surface area contributed by atoms with Gasteiger partial charge in [0, 0.05) is 4.47 Å². The molecule has 0 aliphatic heterocycles. The highest BCUT2D eigenvalue weighted by molar-refractivity contribution is 9.10. The summed E-state index contributed by atoms with van der Waals surface area (Å²) in [5.41, 5.74) is 6.39. The van der Waals surface area contributed by atoms with E-state index in [4.69, 9.17) is 0 Å². The minimum Gasteiger partial charge on any atom is -0.271 e. The van der Waals surface area contributed by atoms with Gasteiger partial charge in [0.05, 0.1) is 16.3 Å². The first-order chi connectivity index (χ1) is 15.2. The van der Waals surface area contributed by atoms with Gasteiger partial charge in [0.2, 0.25) is 0 Å². The minimum atomic E-state index is -3.98. The van der Waals surface area contributed by atoms with Crippen molar-refractivity contribution in [1.29, 1.82) is 0 Å². The molecule has 0 aliphatic rings. The molecule has 32 heavy (non-hydrogen) atoms. The van der Waals surface area contributed by atoms with Gasteiger partial charge in [-0.15, -0.1) is 0 Å². The molecule has 0 saturated carbocycles. The van der Waals surface area contributed by atoms with Crippen molar-refractivity contribution >= 4 is 43.3 Å². The van der Waals surface area contributed by atoms with Crippen molar-refractivity contribution in [3.05, 3.63) is 94.0 Å². The van der Waals surface area contributed by atoms with E-state index in [2.05, 4.69) is 26.5 Å². The van der Waals surface area contributed by atoms with Crippen molar-refractivity contribution in [2.24, 2.45) is 5.10 Å². The highest BCUT2D eigenvalue weighted by Gasteiger charge is 2.27. The van der Waals surface area contributed by atoms with Crippen LogP contribution < -0.4 is 9.73 Å². The molecule has 1 N–H and O–H groups in total. The van der Waals surface area contributed by atoms with E-state index in [1.54, 1.807) is 43.3 Å². The van der Waals surface area contributed by atoms with Gasteiger partial charge in [0.25, 0.3) is 15.9 Å². The molecule has 6 nitrogen and oxygen atoms in total. The van der Waals surface area contributed by atoms with Crippen LogP contribution >= 0.6 is 15.9 Å². The van der Waals surface area contributed by atoms with Crippen LogP contribution in [-0.4, -0.2) is 26.6 Å². The summed E-state index contributed by atoms with van der Waals surface area (Å²) in [5, 5.41) is 4.14. The van der Waals surface area contributed by atoms with Crippen LogP contribution in [0.15, 0.2) is 87.3 Å². The quantitative estimate of drug-likeness (QED) is 0.364. The highest BCUT2D eigenvalue weighted by Crippen LogP contribution is 2.26. The van der Waals surface area contributed by atoms with Gasteiger partial charge >= 0.3 is 0 Å². The molecule has 0 saturated heterocycles. The fourth-order valence-corrected chi connectivity index (χ4v) is 4.76. The van der Waals surface area contributed by atoms with Crippen LogP contribution in [0.1, 0.15) is 23.6 Å². The maximum absolute atomic E-state index is 13.4. The van der Waals surface area contributed by atoms with Crippen molar-refractivity contribution in [2.45, 2.75) is 25.7 Å². The number of hydrogen-bond donors (Lipinski definition) is 1. The summed E-state index contributed by atoms with van der Waals surface area (Å²) < 4.78 is 28.5. The van der Waals surface area contributed by atoms with Crippen molar-refractivity contribution in [1.82, 2.24) is 5.43 Å². The highest BCUT2D eigenvalue weighted by atomic mass is 79.9. The number of nitrogens with one attached hydrogen (secondary N) is 1. The number of carbonyl (C=O) groups is 1. The zero-order valence-electron chi connectivity index (χ0n) is 18.0. The molecule has 1 amide bonds. The number of carbonyl (C=O) groups excluding carboxylic acids is 1. The molecular weight excluding hydrogens is 490 g/mol. The fraction of sp³-hybridized carbons (Fsp3) is 0.167.